The normalized spacial score (nSPS) is 9.75. The van der Waals surface area contributed by atoms with Gasteiger partial charge in [-0.1, -0.05) is 30.3 Å². The molecule has 2 rings (SSSR count). The Hall–Kier alpha value is -2.34. The summed E-state index contributed by atoms with van der Waals surface area (Å²) < 4.78 is 0. The van der Waals surface area contributed by atoms with Crippen molar-refractivity contribution in [2.75, 3.05) is 5.73 Å². The summed E-state index contributed by atoms with van der Waals surface area (Å²) >= 11 is 0. The van der Waals surface area contributed by atoms with Crippen molar-refractivity contribution in [2.45, 2.75) is 6.92 Å². The molecule has 0 aliphatic carbocycles. The van der Waals surface area contributed by atoms with Gasteiger partial charge in [-0.05, 0) is 12.5 Å². The Balaban J connectivity index is 2.70. The first-order valence-corrected chi connectivity index (χ1v) is 4.94. The second-order valence-electron chi connectivity index (χ2n) is 3.52. The van der Waals surface area contributed by atoms with Gasteiger partial charge in [0.05, 0.1) is 11.3 Å². The number of pyridine rings is 1. The largest absolute Gasteiger partial charge is 0.397 e. The highest BCUT2D eigenvalue weighted by atomic mass is 14.7. The second kappa shape index (κ2) is 4.03. The van der Waals surface area contributed by atoms with Crippen LogP contribution in [0.5, 0.6) is 0 Å². The van der Waals surface area contributed by atoms with Gasteiger partial charge in [0.25, 0.3) is 0 Å². The molecule has 2 aromatic rings. The molecule has 3 heteroatoms. The van der Waals surface area contributed by atoms with Crippen molar-refractivity contribution in [2.24, 2.45) is 0 Å². The summed E-state index contributed by atoms with van der Waals surface area (Å²) in [6, 6.07) is 11.8. The van der Waals surface area contributed by atoms with Crippen LogP contribution >= 0.6 is 0 Å². The summed E-state index contributed by atoms with van der Waals surface area (Å²) in [5.41, 5.74) is 9.56. The van der Waals surface area contributed by atoms with Gasteiger partial charge in [0.2, 0.25) is 0 Å². The molecule has 0 saturated carbocycles. The van der Waals surface area contributed by atoms with Gasteiger partial charge in [-0.2, -0.15) is 5.26 Å². The third-order valence-electron chi connectivity index (χ3n) is 2.49. The molecule has 0 atom stereocenters. The Kier molecular flexibility index (Phi) is 2.57. The number of hydrogen-bond donors (Lipinski definition) is 1. The quantitative estimate of drug-likeness (QED) is 0.784. The van der Waals surface area contributed by atoms with Gasteiger partial charge in [-0.3, -0.25) is 4.98 Å². The first kappa shape index (κ1) is 10.2. The van der Waals surface area contributed by atoms with E-state index in [9.17, 15) is 0 Å². The molecule has 1 aromatic heterocycles. The number of anilines is 1. The zero-order valence-electron chi connectivity index (χ0n) is 8.94. The van der Waals surface area contributed by atoms with E-state index in [1.807, 2.05) is 43.3 Å². The number of nitrogens with zero attached hydrogens (tertiary/aromatic N) is 2. The van der Waals surface area contributed by atoms with Gasteiger partial charge >= 0.3 is 0 Å². The van der Waals surface area contributed by atoms with Crippen molar-refractivity contribution >= 4 is 5.69 Å². The average Bonchev–Trinajstić information content (AvgIpc) is 2.31. The van der Waals surface area contributed by atoms with Gasteiger partial charge < -0.3 is 5.73 Å². The van der Waals surface area contributed by atoms with Crippen LogP contribution in [0.1, 0.15) is 11.3 Å². The fourth-order valence-electron chi connectivity index (χ4n) is 1.68. The maximum atomic E-state index is 8.91. The zero-order chi connectivity index (χ0) is 11.5. The molecule has 0 bridgehead atoms. The first-order valence-electron chi connectivity index (χ1n) is 4.94. The number of nitrogens with two attached hydrogens (primary N) is 1. The highest BCUT2D eigenvalue weighted by Gasteiger charge is 2.10. The molecule has 0 unspecified atom stereocenters. The SMILES string of the molecule is Cc1ncc(C#N)c(N)c1-c1ccccc1. The second-order valence-corrected chi connectivity index (χ2v) is 3.52. The lowest BCUT2D eigenvalue weighted by atomic mass is 10.0. The predicted molar refractivity (Wildman–Crippen MR) is 63.5 cm³/mol. The lowest BCUT2D eigenvalue weighted by Crippen LogP contribution is -1.99. The standard InChI is InChI=1S/C13H11N3/c1-9-12(10-5-3-2-4-6-10)13(15)11(7-14)8-16-9/h2-6,8H,1H3,(H2,15,16). The molecule has 0 spiro atoms. The highest BCUT2D eigenvalue weighted by Crippen LogP contribution is 2.29. The Labute approximate surface area is 94.2 Å². The monoisotopic (exact) mass is 209 g/mol. The molecule has 16 heavy (non-hydrogen) atoms. The van der Waals surface area contributed by atoms with Crippen molar-refractivity contribution in [1.29, 1.82) is 5.26 Å². The van der Waals surface area contributed by atoms with E-state index in [1.165, 1.54) is 6.20 Å². The van der Waals surface area contributed by atoms with Gasteiger partial charge in [0, 0.05) is 17.5 Å². The van der Waals surface area contributed by atoms with Crippen LogP contribution in [0, 0.1) is 18.3 Å². The Morgan fingerprint density at radius 1 is 1.25 bits per heavy atom. The molecule has 3 nitrogen and oxygen atoms in total. The third-order valence-corrected chi connectivity index (χ3v) is 2.49. The van der Waals surface area contributed by atoms with Crippen LogP contribution in [0.15, 0.2) is 36.5 Å². The summed E-state index contributed by atoms with van der Waals surface area (Å²) in [6.07, 6.45) is 1.51. The molecule has 0 fully saturated rings. The molecular weight excluding hydrogens is 198 g/mol. The summed E-state index contributed by atoms with van der Waals surface area (Å²) in [6.45, 7) is 1.89. The zero-order valence-corrected chi connectivity index (χ0v) is 8.94. The van der Waals surface area contributed by atoms with Gasteiger partial charge in [0.15, 0.2) is 0 Å². The van der Waals surface area contributed by atoms with Crippen LogP contribution < -0.4 is 5.73 Å². The average molecular weight is 209 g/mol. The van der Waals surface area contributed by atoms with E-state index in [2.05, 4.69) is 4.98 Å². The fourth-order valence-corrected chi connectivity index (χ4v) is 1.68. The van der Waals surface area contributed by atoms with Crippen molar-refractivity contribution < 1.29 is 0 Å². The lowest BCUT2D eigenvalue weighted by molar-refractivity contribution is 1.19. The third kappa shape index (κ3) is 1.61. The van der Waals surface area contributed by atoms with E-state index in [0.717, 1.165) is 16.8 Å². The molecule has 0 amide bonds. The summed E-state index contributed by atoms with van der Waals surface area (Å²) in [7, 11) is 0. The molecule has 1 heterocycles. The molecule has 0 radical (unpaired) electrons. The first-order chi connectivity index (χ1) is 7.74. The minimum atomic E-state index is 0.421. The number of aryl methyl sites for hydroxylation is 1. The topological polar surface area (TPSA) is 62.7 Å². The molecule has 0 aliphatic heterocycles. The van der Waals surface area contributed by atoms with Crippen LogP contribution in [-0.4, -0.2) is 4.98 Å². The number of aromatic nitrogens is 1. The minimum absolute atomic E-state index is 0.421. The van der Waals surface area contributed by atoms with E-state index in [4.69, 9.17) is 11.0 Å². The number of nitrogen functional groups attached to an aromatic ring is 1. The van der Waals surface area contributed by atoms with Crippen molar-refractivity contribution in [3.05, 3.63) is 47.8 Å². The Morgan fingerprint density at radius 3 is 2.56 bits per heavy atom. The predicted octanol–water partition coefficient (Wildman–Crippen LogP) is 2.51. The van der Waals surface area contributed by atoms with Crippen LogP contribution in [-0.2, 0) is 0 Å². The maximum Gasteiger partial charge on any atom is 0.103 e. The smallest absolute Gasteiger partial charge is 0.103 e. The maximum absolute atomic E-state index is 8.91. The molecule has 0 saturated heterocycles. The fraction of sp³-hybridized carbons (Fsp3) is 0.0769. The van der Waals surface area contributed by atoms with Crippen LogP contribution in [0.25, 0.3) is 11.1 Å². The molecule has 78 valence electrons. The highest BCUT2D eigenvalue weighted by molar-refractivity contribution is 5.81. The van der Waals surface area contributed by atoms with Crippen molar-refractivity contribution in [1.82, 2.24) is 4.98 Å². The van der Waals surface area contributed by atoms with Gasteiger partial charge in [0.1, 0.15) is 6.07 Å². The van der Waals surface area contributed by atoms with E-state index < -0.39 is 0 Å². The van der Waals surface area contributed by atoms with Gasteiger partial charge in [-0.15, -0.1) is 0 Å². The van der Waals surface area contributed by atoms with E-state index in [-0.39, 0.29) is 0 Å². The summed E-state index contributed by atoms with van der Waals surface area (Å²) in [5.74, 6) is 0. The number of hydrogen-bond acceptors (Lipinski definition) is 3. The van der Waals surface area contributed by atoms with Crippen LogP contribution in [0.3, 0.4) is 0 Å². The number of benzene rings is 1. The van der Waals surface area contributed by atoms with Crippen molar-refractivity contribution in [3.8, 4) is 17.2 Å². The molecule has 0 aliphatic rings. The molecule has 1 aromatic carbocycles. The number of rotatable bonds is 1. The van der Waals surface area contributed by atoms with E-state index in [1.54, 1.807) is 0 Å². The summed E-state index contributed by atoms with van der Waals surface area (Å²) in [5, 5.41) is 8.91. The van der Waals surface area contributed by atoms with Crippen LogP contribution in [0.4, 0.5) is 5.69 Å². The number of nitriles is 1. The van der Waals surface area contributed by atoms with E-state index >= 15 is 0 Å². The molecule has 2 N–H and O–H groups in total. The van der Waals surface area contributed by atoms with Crippen molar-refractivity contribution in [3.63, 3.8) is 0 Å². The minimum Gasteiger partial charge on any atom is -0.397 e. The lowest BCUT2D eigenvalue weighted by Gasteiger charge is -2.09. The molecular formula is C13H11N3. The van der Waals surface area contributed by atoms with Crippen LogP contribution in [0.2, 0.25) is 0 Å². The Bertz CT molecular complexity index is 553. The Morgan fingerprint density at radius 2 is 1.94 bits per heavy atom. The van der Waals surface area contributed by atoms with Gasteiger partial charge in [-0.25, -0.2) is 0 Å². The van der Waals surface area contributed by atoms with E-state index in [0.29, 0.717) is 11.3 Å². The summed E-state index contributed by atoms with van der Waals surface area (Å²) in [4.78, 5) is 4.18.